The maximum Gasteiger partial charge on any atom is 0.187 e. The standard InChI is InChI=1S/C42H68O11/c1-21(2)24-11-16-42(23(4)44)18-17-40(7)25(30(24)42)9-10-28-38(5)14-13-29(39(6,20-43)27(38)12-15-41(28,40)8)52-37-35(32(47)26(45)19-50-37)53-36-34(49)33(48)31(46)22(3)51-36/h22,24-37,43-49H,1,4,9-20H2,2-3,5-8H3/t22-,24?,25?,26-,27+,28?,29-,30?,31-,32-,33+,34+,35+,36?,37-,38-,39-,40+,41+,42+/m0/s1. The molecular formula is C42H68O11. The fraction of sp³-hybridized carbons (Fsp3) is 0.905. The minimum absolute atomic E-state index is 0.0664. The summed E-state index contributed by atoms with van der Waals surface area (Å²) in [5.41, 5.74) is 0.437. The molecule has 5 aliphatic carbocycles. The van der Waals surface area contributed by atoms with Crippen molar-refractivity contribution < 1.29 is 54.7 Å². The Morgan fingerprint density at radius 1 is 0.755 bits per heavy atom. The molecule has 302 valence electrons. The van der Waals surface area contributed by atoms with Crippen LogP contribution in [0.1, 0.15) is 106 Å². The molecule has 7 fully saturated rings. The van der Waals surface area contributed by atoms with E-state index >= 15 is 0 Å². The lowest BCUT2D eigenvalue weighted by atomic mass is 9.32. The van der Waals surface area contributed by atoms with Gasteiger partial charge in [0, 0.05) is 10.8 Å². The Morgan fingerprint density at radius 3 is 2.13 bits per heavy atom. The summed E-state index contributed by atoms with van der Waals surface area (Å²) in [5, 5.41) is 75.4. The van der Waals surface area contributed by atoms with Gasteiger partial charge in [-0.25, -0.2) is 0 Å². The highest BCUT2D eigenvalue weighted by atomic mass is 16.8. The summed E-state index contributed by atoms with van der Waals surface area (Å²) < 4.78 is 24.4. The molecule has 7 rings (SSSR count). The SMILES string of the molecule is C=C(C)C1CC[C@]2(C(=C)O)CC[C@]3(C)C(CCC4[C@@]5(C)CC[C@H](O[C@@H]6OC[C@H](O)[C@H](O)[C@H]6OC6O[C@@H](C)[C@H](O)[C@@H](O)[C@H]6O)[C@@](C)(CO)[C@@H]5CC[C@]43C)C12. The minimum atomic E-state index is -1.61. The topological polar surface area (TPSA) is 179 Å². The van der Waals surface area contributed by atoms with E-state index < -0.39 is 66.8 Å². The van der Waals surface area contributed by atoms with Crippen molar-refractivity contribution in [3.8, 4) is 0 Å². The van der Waals surface area contributed by atoms with Gasteiger partial charge in [0.05, 0.1) is 31.2 Å². The Morgan fingerprint density at radius 2 is 1.47 bits per heavy atom. The quantitative estimate of drug-likeness (QED) is 0.112. The van der Waals surface area contributed by atoms with Gasteiger partial charge in [-0.1, -0.05) is 46.4 Å². The van der Waals surface area contributed by atoms with Crippen molar-refractivity contribution in [2.45, 2.75) is 167 Å². The second-order valence-corrected chi connectivity index (χ2v) is 19.7. The molecule has 5 unspecified atom stereocenters. The highest BCUT2D eigenvalue weighted by Gasteiger charge is 2.72. The molecule has 11 nitrogen and oxygen atoms in total. The molecule has 7 aliphatic rings. The van der Waals surface area contributed by atoms with Crippen molar-refractivity contribution in [2.75, 3.05) is 13.2 Å². The number of ether oxygens (including phenoxy) is 4. The summed E-state index contributed by atoms with van der Waals surface area (Å²) in [6, 6.07) is 0. The number of hydrogen-bond acceptors (Lipinski definition) is 11. The molecule has 0 aromatic heterocycles. The largest absolute Gasteiger partial charge is 0.512 e. The predicted molar refractivity (Wildman–Crippen MR) is 196 cm³/mol. The Balaban J connectivity index is 1.14. The average molecular weight is 749 g/mol. The van der Waals surface area contributed by atoms with E-state index in [1.165, 1.54) is 5.57 Å². The van der Waals surface area contributed by atoms with Crippen LogP contribution in [0, 0.1) is 56.7 Å². The molecule has 0 bridgehead atoms. The summed E-state index contributed by atoms with van der Waals surface area (Å²) in [4.78, 5) is 0. The lowest BCUT2D eigenvalue weighted by Crippen LogP contribution is -2.68. The lowest BCUT2D eigenvalue weighted by Gasteiger charge is -2.73. The van der Waals surface area contributed by atoms with Crippen LogP contribution >= 0.6 is 0 Å². The van der Waals surface area contributed by atoms with E-state index in [-0.39, 0.29) is 40.8 Å². The summed E-state index contributed by atoms with van der Waals surface area (Å²) in [6.07, 6.45) is -2.55. The van der Waals surface area contributed by atoms with Crippen molar-refractivity contribution in [3.05, 3.63) is 24.5 Å². The van der Waals surface area contributed by atoms with Gasteiger partial charge in [-0.3, -0.25) is 0 Å². The third kappa shape index (κ3) is 5.71. The molecular weight excluding hydrogens is 680 g/mol. The van der Waals surface area contributed by atoms with Crippen LogP contribution in [-0.2, 0) is 18.9 Å². The normalized spacial score (nSPS) is 56.7. The first-order chi connectivity index (χ1) is 24.8. The first kappa shape index (κ1) is 40.1. The predicted octanol–water partition coefficient (Wildman–Crippen LogP) is 4.36. The number of aliphatic hydroxyl groups is 7. The van der Waals surface area contributed by atoms with Gasteiger partial charge in [0.2, 0.25) is 0 Å². The summed E-state index contributed by atoms with van der Waals surface area (Å²) >= 11 is 0. The summed E-state index contributed by atoms with van der Waals surface area (Å²) in [5.74, 6) is 2.16. The van der Waals surface area contributed by atoms with Gasteiger partial charge in [-0.2, -0.15) is 0 Å². The van der Waals surface area contributed by atoms with Gasteiger partial charge in [-0.15, -0.1) is 0 Å². The number of rotatable bonds is 7. The third-order valence-corrected chi connectivity index (χ3v) is 17.6. The van der Waals surface area contributed by atoms with Crippen molar-refractivity contribution >= 4 is 0 Å². The van der Waals surface area contributed by atoms with Crippen LogP contribution in [0.25, 0.3) is 0 Å². The van der Waals surface area contributed by atoms with Gasteiger partial charge in [0.25, 0.3) is 0 Å². The molecule has 53 heavy (non-hydrogen) atoms. The van der Waals surface area contributed by atoms with E-state index in [4.69, 9.17) is 18.9 Å². The van der Waals surface area contributed by atoms with E-state index in [9.17, 15) is 35.7 Å². The maximum atomic E-state index is 11.3. The molecule has 20 atom stereocenters. The van der Waals surface area contributed by atoms with Gasteiger partial charge < -0.3 is 54.7 Å². The Hall–Kier alpha value is -1.12. The Kier molecular flexibility index (Phi) is 10.4. The first-order valence-corrected chi connectivity index (χ1v) is 20.4. The van der Waals surface area contributed by atoms with Crippen LogP contribution < -0.4 is 0 Å². The van der Waals surface area contributed by atoms with Crippen LogP contribution in [0.5, 0.6) is 0 Å². The molecule has 0 amide bonds. The second kappa shape index (κ2) is 13.8. The number of hydrogen-bond donors (Lipinski definition) is 7. The smallest absolute Gasteiger partial charge is 0.187 e. The van der Waals surface area contributed by atoms with Crippen molar-refractivity contribution in [1.29, 1.82) is 0 Å². The third-order valence-electron chi connectivity index (χ3n) is 17.6. The Bertz CT molecular complexity index is 1410. The van der Waals surface area contributed by atoms with Gasteiger partial charge in [0.1, 0.15) is 36.6 Å². The van der Waals surface area contributed by atoms with Crippen molar-refractivity contribution in [2.24, 2.45) is 56.7 Å². The average Bonchev–Trinajstić information content (AvgIpc) is 3.52. The van der Waals surface area contributed by atoms with Gasteiger partial charge in [-0.05, 0) is 124 Å². The van der Waals surface area contributed by atoms with E-state index in [1.807, 2.05) is 0 Å². The summed E-state index contributed by atoms with van der Waals surface area (Å²) in [7, 11) is 0. The highest BCUT2D eigenvalue weighted by Crippen LogP contribution is 2.78. The van der Waals surface area contributed by atoms with Crippen molar-refractivity contribution in [1.82, 2.24) is 0 Å². The van der Waals surface area contributed by atoms with Gasteiger partial charge >= 0.3 is 0 Å². The van der Waals surface area contributed by atoms with Gasteiger partial charge in [0.15, 0.2) is 12.6 Å². The van der Waals surface area contributed by atoms with Crippen molar-refractivity contribution in [3.63, 3.8) is 0 Å². The number of allylic oxidation sites excluding steroid dienone is 2. The molecule has 2 heterocycles. The molecule has 5 saturated carbocycles. The zero-order valence-corrected chi connectivity index (χ0v) is 32.8. The van der Waals surface area contributed by atoms with Crippen LogP contribution in [0.15, 0.2) is 24.5 Å². The molecule has 2 saturated heterocycles. The second-order valence-electron chi connectivity index (χ2n) is 19.7. The zero-order chi connectivity index (χ0) is 38.6. The molecule has 0 spiro atoms. The zero-order valence-electron chi connectivity index (χ0n) is 32.8. The number of aliphatic hydroxyl groups excluding tert-OH is 7. The molecule has 2 aliphatic heterocycles. The molecule has 0 aromatic carbocycles. The number of fused-ring (bicyclic) bond motifs is 7. The molecule has 7 N–H and O–H groups in total. The first-order valence-electron chi connectivity index (χ1n) is 20.4. The monoisotopic (exact) mass is 748 g/mol. The van der Waals surface area contributed by atoms with E-state index in [0.717, 1.165) is 57.8 Å². The minimum Gasteiger partial charge on any atom is -0.512 e. The van der Waals surface area contributed by atoms with E-state index in [1.54, 1.807) is 6.92 Å². The van der Waals surface area contributed by atoms with Crippen LogP contribution in [0.3, 0.4) is 0 Å². The van der Waals surface area contributed by atoms with E-state index in [0.29, 0.717) is 35.9 Å². The van der Waals surface area contributed by atoms with E-state index in [2.05, 4.69) is 47.8 Å². The van der Waals surface area contributed by atoms with Crippen LogP contribution in [-0.4, -0.2) is 110 Å². The Labute approximate surface area is 315 Å². The molecule has 0 radical (unpaired) electrons. The maximum absolute atomic E-state index is 11.3. The highest BCUT2D eigenvalue weighted by molar-refractivity contribution is 5.25. The fourth-order valence-corrected chi connectivity index (χ4v) is 14.3. The lowest BCUT2D eigenvalue weighted by molar-refractivity contribution is -0.366. The van der Waals surface area contributed by atoms with Crippen LogP contribution in [0.4, 0.5) is 0 Å². The summed E-state index contributed by atoms with van der Waals surface area (Å²) in [6.45, 7) is 21.7. The fourth-order valence-electron chi connectivity index (χ4n) is 14.3. The van der Waals surface area contributed by atoms with Crippen LogP contribution in [0.2, 0.25) is 0 Å². The molecule has 11 heteroatoms. The molecule has 0 aromatic rings.